The van der Waals surface area contributed by atoms with Gasteiger partial charge in [0.1, 0.15) is 5.82 Å². The Morgan fingerprint density at radius 3 is 2.69 bits per heavy atom. The maximum atomic E-state index is 12.5. The number of aliphatic hydroxyl groups is 1. The number of thiophene rings is 1. The van der Waals surface area contributed by atoms with E-state index in [0.29, 0.717) is 15.8 Å². The Morgan fingerprint density at radius 1 is 1.38 bits per heavy atom. The van der Waals surface area contributed by atoms with Crippen molar-refractivity contribution in [1.82, 2.24) is 20.2 Å². The number of carbonyl (C=O) groups excluding carboxylic acids is 1. The van der Waals surface area contributed by atoms with Crippen LogP contribution in [0.4, 0.5) is 15.6 Å². The number of nitrogens with one attached hydrogen (secondary N) is 2. The predicted octanol–water partition coefficient (Wildman–Crippen LogP) is 3.96. The molecule has 0 aliphatic rings. The highest BCUT2D eigenvalue weighted by atomic mass is 35.5. The van der Waals surface area contributed by atoms with Crippen LogP contribution < -0.4 is 15.8 Å². The van der Waals surface area contributed by atoms with Crippen LogP contribution in [0.5, 0.6) is 0 Å². The molecule has 0 spiro atoms. The van der Waals surface area contributed by atoms with E-state index in [0.717, 1.165) is 27.2 Å². The number of fused-ring (bicyclic) bond motifs is 1. The first kappa shape index (κ1) is 21.4. The number of amides is 2. The molecule has 3 rings (SSSR count). The number of aromatic nitrogens is 3. The summed E-state index contributed by atoms with van der Waals surface area (Å²) in [6.07, 6.45) is 0. The molecule has 156 valence electrons. The summed E-state index contributed by atoms with van der Waals surface area (Å²) in [6.45, 7) is 8.09. The van der Waals surface area contributed by atoms with Crippen LogP contribution in [0, 0.1) is 13.8 Å². The molecule has 0 aliphatic heterocycles. The van der Waals surface area contributed by atoms with Crippen molar-refractivity contribution in [2.75, 3.05) is 23.5 Å². The zero-order valence-corrected chi connectivity index (χ0v) is 18.6. The van der Waals surface area contributed by atoms with Gasteiger partial charge in [0.15, 0.2) is 5.65 Å². The Morgan fingerprint density at radius 2 is 2.10 bits per heavy atom. The Bertz CT molecular complexity index is 1030. The van der Waals surface area contributed by atoms with Crippen molar-refractivity contribution in [2.45, 2.75) is 33.6 Å². The molecule has 2 amide bonds. The van der Waals surface area contributed by atoms with E-state index < -0.39 is 6.03 Å². The zero-order valence-electron chi connectivity index (χ0n) is 17.1. The molecular weight excluding hydrogens is 412 g/mol. The van der Waals surface area contributed by atoms with Crippen LogP contribution in [0.2, 0.25) is 5.02 Å². The van der Waals surface area contributed by atoms with Gasteiger partial charge in [0, 0.05) is 17.3 Å². The van der Waals surface area contributed by atoms with E-state index in [1.54, 1.807) is 10.7 Å². The van der Waals surface area contributed by atoms with Crippen molar-refractivity contribution in [3.63, 3.8) is 0 Å². The van der Waals surface area contributed by atoms with Gasteiger partial charge < -0.3 is 5.11 Å². The number of aliphatic hydroxyl groups excluding tert-OH is 1. The van der Waals surface area contributed by atoms with E-state index in [4.69, 9.17) is 16.6 Å². The van der Waals surface area contributed by atoms with Crippen LogP contribution in [0.25, 0.3) is 11.0 Å². The average molecular weight is 437 g/mol. The summed E-state index contributed by atoms with van der Waals surface area (Å²) in [5.41, 5.74) is 5.49. The Kier molecular flexibility index (Phi) is 6.30. The van der Waals surface area contributed by atoms with Crippen molar-refractivity contribution in [3.8, 4) is 0 Å². The number of rotatable bonds is 6. The highest BCUT2D eigenvalue weighted by Gasteiger charge is 2.20. The van der Waals surface area contributed by atoms with Gasteiger partial charge in [-0.3, -0.25) is 15.0 Å². The van der Waals surface area contributed by atoms with Crippen LogP contribution in [-0.4, -0.2) is 39.1 Å². The molecule has 0 radical (unpaired) electrons. The third-order valence-corrected chi connectivity index (χ3v) is 6.01. The van der Waals surface area contributed by atoms with Gasteiger partial charge in [-0.2, -0.15) is 5.10 Å². The lowest BCUT2D eigenvalue weighted by Gasteiger charge is -2.24. The lowest BCUT2D eigenvalue weighted by Crippen LogP contribution is -2.46. The lowest BCUT2D eigenvalue weighted by molar-refractivity contribution is 0.248. The summed E-state index contributed by atoms with van der Waals surface area (Å²) in [5.74, 6) is 0.775. The fraction of sp³-hybridized carbons (Fsp3) is 0.421. The summed E-state index contributed by atoms with van der Waals surface area (Å²) < 4.78 is 1.73. The molecule has 0 saturated heterocycles. The molecule has 0 atom stereocenters. The first-order chi connectivity index (χ1) is 13.7. The standard InChI is InChI=1S/C19H25ClN6O2S/c1-10(2)13-8-15(21-18-17(13)11(3)23-25(18)5)26(6-7-27)24-19(28)22-16-9-14(20)12(4)29-16/h8-10,27H,6-7H2,1-5H3,(H2,22,24,28). The molecule has 3 aromatic heterocycles. The third-order valence-electron chi connectivity index (χ3n) is 4.54. The molecule has 3 N–H and O–H groups in total. The van der Waals surface area contributed by atoms with E-state index >= 15 is 0 Å². The van der Waals surface area contributed by atoms with E-state index in [1.807, 2.05) is 27.0 Å². The molecule has 29 heavy (non-hydrogen) atoms. The largest absolute Gasteiger partial charge is 0.394 e. The van der Waals surface area contributed by atoms with Gasteiger partial charge >= 0.3 is 6.03 Å². The van der Waals surface area contributed by atoms with Crippen molar-refractivity contribution < 1.29 is 9.90 Å². The van der Waals surface area contributed by atoms with Crippen molar-refractivity contribution in [1.29, 1.82) is 0 Å². The molecule has 0 unspecified atom stereocenters. The van der Waals surface area contributed by atoms with Crippen LogP contribution in [0.15, 0.2) is 12.1 Å². The summed E-state index contributed by atoms with van der Waals surface area (Å²) in [5, 5.41) is 20.6. The maximum absolute atomic E-state index is 12.5. The van der Waals surface area contributed by atoms with Gasteiger partial charge in [0.05, 0.1) is 28.9 Å². The summed E-state index contributed by atoms with van der Waals surface area (Å²) >= 11 is 7.45. The molecule has 3 aromatic rings. The number of carbonyl (C=O) groups is 1. The minimum absolute atomic E-state index is 0.147. The second kappa shape index (κ2) is 8.56. The van der Waals surface area contributed by atoms with Gasteiger partial charge in [0.25, 0.3) is 0 Å². The minimum Gasteiger partial charge on any atom is -0.394 e. The first-order valence-corrected chi connectivity index (χ1v) is 10.5. The molecule has 0 saturated carbocycles. The number of urea groups is 1. The molecule has 0 fully saturated rings. The number of anilines is 2. The normalized spacial score (nSPS) is 11.3. The van der Waals surface area contributed by atoms with Crippen molar-refractivity contribution >= 4 is 50.8 Å². The van der Waals surface area contributed by atoms with Gasteiger partial charge in [-0.15, -0.1) is 11.3 Å². The van der Waals surface area contributed by atoms with Crippen LogP contribution in [0.1, 0.15) is 35.9 Å². The Balaban J connectivity index is 1.92. The topological polar surface area (TPSA) is 95.3 Å². The second-order valence-corrected chi connectivity index (χ2v) is 8.75. The van der Waals surface area contributed by atoms with Crippen LogP contribution >= 0.6 is 22.9 Å². The molecule has 0 aromatic carbocycles. The van der Waals surface area contributed by atoms with E-state index in [1.165, 1.54) is 16.3 Å². The number of pyridine rings is 1. The lowest BCUT2D eigenvalue weighted by atomic mass is 10.00. The number of hydrazine groups is 1. The van der Waals surface area contributed by atoms with Crippen molar-refractivity contribution in [2.24, 2.45) is 7.05 Å². The summed E-state index contributed by atoms with van der Waals surface area (Å²) in [6, 6.07) is 3.20. The van der Waals surface area contributed by atoms with Gasteiger partial charge in [-0.05, 0) is 37.5 Å². The number of hydrogen-bond donors (Lipinski definition) is 3. The molecule has 8 nitrogen and oxygen atoms in total. The second-order valence-electron chi connectivity index (χ2n) is 7.09. The maximum Gasteiger partial charge on any atom is 0.338 e. The molecule has 0 bridgehead atoms. The molecule has 0 aliphatic carbocycles. The monoisotopic (exact) mass is 436 g/mol. The fourth-order valence-electron chi connectivity index (χ4n) is 3.17. The number of halogens is 1. The van der Waals surface area contributed by atoms with Gasteiger partial charge in [-0.1, -0.05) is 25.4 Å². The van der Waals surface area contributed by atoms with E-state index in [9.17, 15) is 9.90 Å². The highest BCUT2D eigenvalue weighted by molar-refractivity contribution is 7.16. The number of nitrogens with zero attached hydrogens (tertiary/aromatic N) is 4. The molecule has 3 heterocycles. The number of hydrogen-bond acceptors (Lipinski definition) is 6. The first-order valence-electron chi connectivity index (χ1n) is 9.27. The van der Waals surface area contributed by atoms with Gasteiger partial charge in [0.2, 0.25) is 0 Å². The van der Waals surface area contributed by atoms with Crippen LogP contribution in [-0.2, 0) is 7.05 Å². The quantitative estimate of drug-likeness (QED) is 0.508. The Labute approximate surface area is 178 Å². The van der Waals surface area contributed by atoms with Crippen LogP contribution in [0.3, 0.4) is 0 Å². The average Bonchev–Trinajstić information content (AvgIpc) is 3.11. The van der Waals surface area contributed by atoms with E-state index in [-0.39, 0.29) is 19.1 Å². The number of aryl methyl sites for hydroxylation is 3. The summed E-state index contributed by atoms with van der Waals surface area (Å²) in [7, 11) is 1.84. The predicted molar refractivity (Wildman–Crippen MR) is 118 cm³/mol. The van der Waals surface area contributed by atoms with E-state index in [2.05, 4.69) is 29.7 Å². The summed E-state index contributed by atoms with van der Waals surface area (Å²) in [4.78, 5) is 18.1. The smallest absolute Gasteiger partial charge is 0.338 e. The molecular formula is C19H25ClN6O2S. The minimum atomic E-state index is -0.439. The highest BCUT2D eigenvalue weighted by Crippen LogP contribution is 2.31. The van der Waals surface area contributed by atoms with Crippen molar-refractivity contribution in [3.05, 3.63) is 33.3 Å². The SMILES string of the molecule is Cc1sc(NC(=O)NN(CCO)c2cc(C(C)C)c3c(C)nn(C)c3n2)cc1Cl. The molecule has 10 heteroatoms. The zero-order chi connectivity index (χ0) is 21.3. The van der Waals surface area contributed by atoms with Gasteiger partial charge in [-0.25, -0.2) is 15.2 Å². The fourth-order valence-corrected chi connectivity index (χ4v) is 4.27. The Hall–Kier alpha value is -2.36. The third kappa shape index (κ3) is 4.47.